The fourth-order valence-corrected chi connectivity index (χ4v) is 5.35. The normalized spacial score (nSPS) is 11.2. The molecule has 5 aromatic carbocycles. The number of halogens is 1. The molecule has 6 aromatic rings. The van der Waals surface area contributed by atoms with Crippen LogP contribution >= 0.6 is 11.6 Å². The van der Waals surface area contributed by atoms with Gasteiger partial charge in [0.2, 0.25) is 0 Å². The third-order valence-corrected chi connectivity index (χ3v) is 7.24. The number of aromatic hydroxyl groups is 1. The molecule has 1 heterocycles. The number of carbonyl (C=O) groups is 1. The first-order valence-electron chi connectivity index (χ1n) is 12.3. The van der Waals surface area contributed by atoms with E-state index in [1.54, 1.807) is 12.1 Å². The van der Waals surface area contributed by atoms with Crippen LogP contribution in [0.3, 0.4) is 0 Å². The Kier molecular flexibility index (Phi) is 6.10. The van der Waals surface area contributed by atoms with Crippen LogP contribution in [0.25, 0.3) is 44.1 Å². The van der Waals surface area contributed by atoms with Gasteiger partial charge in [0.1, 0.15) is 5.75 Å². The third kappa shape index (κ3) is 4.09. The van der Waals surface area contributed by atoms with Crippen molar-refractivity contribution in [3.63, 3.8) is 0 Å². The molecule has 0 saturated heterocycles. The van der Waals surface area contributed by atoms with Crippen LogP contribution in [0.1, 0.15) is 15.9 Å². The Labute approximate surface area is 225 Å². The van der Waals surface area contributed by atoms with E-state index < -0.39 is 5.97 Å². The third-order valence-electron chi connectivity index (χ3n) is 6.98. The Morgan fingerprint density at radius 2 is 1.50 bits per heavy atom. The molecule has 0 spiro atoms. The van der Waals surface area contributed by atoms with Gasteiger partial charge < -0.3 is 14.4 Å². The molecule has 0 unspecified atom stereocenters. The molecule has 186 valence electrons. The zero-order valence-corrected chi connectivity index (χ0v) is 21.4. The number of phenolic OH excluding ortho intramolecular Hbond substituents is 1. The second-order valence-electron chi connectivity index (χ2n) is 9.20. The quantitative estimate of drug-likeness (QED) is 0.234. The van der Waals surface area contributed by atoms with E-state index in [4.69, 9.17) is 16.3 Å². The van der Waals surface area contributed by atoms with Crippen molar-refractivity contribution < 1.29 is 14.6 Å². The fraction of sp³-hybridized carbons (Fsp3) is 0.0606. The van der Waals surface area contributed by atoms with E-state index in [1.165, 1.54) is 7.11 Å². The summed E-state index contributed by atoms with van der Waals surface area (Å²) in [5.74, 6) is -0.343. The maximum absolute atomic E-state index is 12.8. The smallest absolute Gasteiger partial charge is 0.338 e. The van der Waals surface area contributed by atoms with Gasteiger partial charge in [-0.25, -0.2) is 4.79 Å². The number of carbonyl (C=O) groups excluding carboxylic acids is 1. The van der Waals surface area contributed by atoms with Gasteiger partial charge in [-0.15, -0.1) is 0 Å². The minimum Gasteiger partial charge on any atom is -0.507 e. The number of ether oxygens (including phenoxy) is 1. The number of nitrogens with zero attached hydrogens (tertiary/aromatic N) is 1. The SMILES string of the molecule is COC(=O)c1cccc2c1c1c(O)cc(-c3ccc(Cl)cc3)cc1n2Cc1ccccc1-c1ccccc1. The largest absolute Gasteiger partial charge is 0.507 e. The summed E-state index contributed by atoms with van der Waals surface area (Å²) in [6.45, 7) is 0.541. The number of esters is 1. The summed E-state index contributed by atoms with van der Waals surface area (Å²) >= 11 is 6.12. The second-order valence-corrected chi connectivity index (χ2v) is 9.63. The summed E-state index contributed by atoms with van der Waals surface area (Å²) in [5, 5.41) is 13.3. The molecular formula is C33H24ClNO3. The van der Waals surface area contributed by atoms with Crippen molar-refractivity contribution in [1.82, 2.24) is 4.57 Å². The van der Waals surface area contributed by atoms with E-state index in [0.717, 1.165) is 38.9 Å². The van der Waals surface area contributed by atoms with Crippen LogP contribution in [0.2, 0.25) is 5.02 Å². The summed E-state index contributed by atoms with van der Waals surface area (Å²) in [5.41, 5.74) is 7.25. The van der Waals surface area contributed by atoms with Gasteiger partial charge in [0, 0.05) is 17.0 Å². The van der Waals surface area contributed by atoms with Crippen molar-refractivity contribution in [3.8, 4) is 28.0 Å². The molecule has 0 fully saturated rings. The number of hydrogen-bond acceptors (Lipinski definition) is 3. The topological polar surface area (TPSA) is 51.5 Å². The van der Waals surface area contributed by atoms with Gasteiger partial charge in [0.25, 0.3) is 0 Å². The number of aromatic nitrogens is 1. The molecule has 0 saturated carbocycles. The molecule has 6 rings (SSSR count). The highest BCUT2D eigenvalue weighted by Gasteiger charge is 2.22. The lowest BCUT2D eigenvalue weighted by molar-refractivity contribution is 0.0603. The molecule has 0 aliphatic carbocycles. The fourth-order valence-electron chi connectivity index (χ4n) is 5.23. The van der Waals surface area contributed by atoms with Crippen LogP contribution < -0.4 is 0 Å². The van der Waals surface area contributed by atoms with Crippen LogP contribution in [0, 0.1) is 0 Å². The van der Waals surface area contributed by atoms with Crippen LogP contribution in [-0.4, -0.2) is 22.8 Å². The molecule has 0 atom stereocenters. The second kappa shape index (κ2) is 9.73. The van der Waals surface area contributed by atoms with Gasteiger partial charge in [-0.2, -0.15) is 0 Å². The highest BCUT2D eigenvalue weighted by molar-refractivity contribution is 6.30. The van der Waals surface area contributed by atoms with Crippen LogP contribution in [-0.2, 0) is 11.3 Å². The summed E-state index contributed by atoms with van der Waals surface area (Å²) < 4.78 is 7.26. The monoisotopic (exact) mass is 517 g/mol. The average Bonchev–Trinajstić information content (AvgIpc) is 3.27. The molecule has 0 aliphatic rings. The number of methoxy groups -OCH3 is 1. The van der Waals surface area contributed by atoms with E-state index in [1.807, 2.05) is 66.7 Å². The van der Waals surface area contributed by atoms with Crippen LogP contribution in [0.5, 0.6) is 5.75 Å². The number of benzene rings is 5. The predicted molar refractivity (Wildman–Crippen MR) is 154 cm³/mol. The van der Waals surface area contributed by atoms with Gasteiger partial charge in [0.15, 0.2) is 0 Å². The number of phenols is 1. The Hall–Kier alpha value is -4.54. The van der Waals surface area contributed by atoms with E-state index in [-0.39, 0.29) is 5.75 Å². The molecular weight excluding hydrogens is 494 g/mol. The Morgan fingerprint density at radius 3 is 2.26 bits per heavy atom. The van der Waals surface area contributed by atoms with Gasteiger partial charge in [0.05, 0.1) is 29.1 Å². The Balaban J connectivity index is 1.64. The van der Waals surface area contributed by atoms with Crippen molar-refractivity contribution in [1.29, 1.82) is 0 Å². The first-order chi connectivity index (χ1) is 18.5. The molecule has 0 aliphatic heterocycles. The van der Waals surface area contributed by atoms with Crippen LogP contribution in [0.15, 0.2) is 109 Å². The summed E-state index contributed by atoms with van der Waals surface area (Å²) in [6.07, 6.45) is 0. The number of fused-ring (bicyclic) bond motifs is 3. The van der Waals surface area contributed by atoms with Crippen molar-refractivity contribution in [2.24, 2.45) is 0 Å². The highest BCUT2D eigenvalue weighted by Crippen LogP contribution is 2.41. The maximum Gasteiger partial charge on any atom is 0.338 e. The zero-order valence-electron chi connectivity index (χ0n) is 20.7. The summed E-state index contributed by atoms with van der Waals surface area (Å²) in [4.78, 5) is 12.8. The van der Waals surface area contributed by atoms with Gasteiger partial charge in [-0.3, -0.25) is 0 Å². The van der Waals surface area contributed by atoms with Crippen molar-refractivity contribution in [2.45, 2.75) is 6.54 Å². The maximum atomic E-state index is 12.8. The molecule has 4 nitrogen and oxygen atoms in total. The van der Waals surface area contributed by atoms with Crippen molar-refractivity contribution in [2.75, 3.05) is 7.11 Å². The standard InChI is InChI=1S/C33H24ClNO3/c1-38-33(37)27-12-7-13-28-31(27)32-29(18-24(19-30(32)36)21-14-16-25(34)17-15-21)35(28)20-23-10-5-6-11-26(23)22-8-3-2-4-9-22/h2-19,36H,20H2,1H3. The van der Waals surface area contributed by atoms with Gasteiger partial charge >= 0.3 is 5.97 Å². The van der Waals surface area contributed by atoms with E-state index in [0.29, 0.717) is 27.9 Å². The Bertz CT molecular complexity index is 1800. The lowest BCUT2D eigenvalue weighted by Gasteiger charge is -2.14. The summed E-state index contributed by atoms with van der Waals surface area (Å²) in [6, 6.07) is 35.5. The van der Waals surface area contributed by atoms with Crippen molar-refractivity contribution >= 4 is 39.4 Å². The van der Waals surface area contributed by atoms with E-state index >= 15 is 0 Å². The highest BCUT2D eigenvalue weighted by atomic mass is 35.5. The Morgan fingerprint density at radius 1 is 0.763 bits per heavy atom. The minimum absolute atomic E-state index is 0.101. The molecule has 1 aromatic heterocycles. The van der Waals surface area contributed by atoms with E-state index in [2.05, 4.69) is 34.9 Å². The van der Waals surface area contributed by atoms with Gasteiger partial charge in [-0.05, 0) is 64.2 Å². The molecule has 38 heavy (non-hydrogen) atoms. The van der Waals surface area contributed by atoms with E-state index in [9.17, 15) is 9.90 Å². The molecule has 0 amide bonds. The molecule has 5 heteroatoms. The lowest BCUT2D eigenvalue weighted by Crippen LogP contribution is -2.03. The average molecular weight is 518 g/mol. The molecule has 0 radical (unpaired) electrons. The number of rotatable bonds is 5. The summed E-state index contributed by atoms with van der Waals surface area (Å²) in [7, 11) is 1.37. The first-order valence-corrected chi connectivity index (χ1v) is 12.7. The molecule has 0 bridgehead atoms. The lowest BCUT2D eigenvalue weighted by atomic mass is 9.99. The minimum atomic E-state index is -0.444. The van der Waals surface area contributed by atoms with Crippen molar-refractivity contribution in [3.05, 3.63) is 125 Å². The van der Waals surface area contributed by atoms with Crippen LogP contribution in [0.4, 0.5) is 0 Å². The van der Waals surface area contributed by atoms with Gasteiger partial charge in [-0.1, -0.05) is 84.4 Å². The first kappa shape index (κ1) is 23.8. The zero-order chi connectivity index (χ0) is 26.2. The number of hydrogen-bond donors (Lipinski definition) is 1. The molecule has 1 N–H and O–H groups in total. The predicted octanol–water partition coefficient (Wildman–Crippen LogP) is 8.32.